The molecule has 2 heterocycles. The molecule has 0 spiro atoms. The Morgan fingerprint density at radius 1 is 1.45 bits per heavy atom. The maximum atomic E-state index is 12.1. The lowest BCUT2D eigenvalue weighted by molar-refractivity contribution is -0.137. The number of aromatic nitrogens is 3. The Labute approximate surface area is 115 Å². The van der Waals surface area contributed by atoms with Crippen LogP contribution in [0.5, 0.6) is 0 Å². The van der Waals surface area contributed by atoms with Gasteiger partial charge in [0.05, 0.1) is 6.20 Å². The summed E-state index contributed by atoms with van der Waals surface area (Å²) >= 11 is 0. The van der Waals surface area contributed by atoms with Crippen LogP contribution in [-0.2, 0) is 21.4 Å². The summed E-state index contributed by atoms with van der Waals surface area (Å²) in [6.45, 7) is 1.33. The van der Waals surface area contributed by atoms with Gasteiger partial charge >= 0.3 is 5.97 Å². The minimum atomic E-state index is -3.83. The molecule has 8 nitrogen and oxygen atoms in total. The minimum absolute atomic E-state index is 0.123. The lowest BCUT2D eigenvalue weighted by Crippen LogP contribution is -2.14. The third kappa shape index (κ3) is 3.32. The molecule has 0 aliphatic rings. The van der Waals surface area contributed by atoms with Crippen molar-refractivity contribution < 1.29 is 18.3 Å². The first-order valence-corrected chi connectivity index (χ1v) is 7.06. The van der Waals surface area contributed by atoms with Crippen molar-refractivity contribution in [3.05, 3.63) is 36.3 Å². The Morgan fingerprint density at radius 3 is 2.85 bits per heavy atom. The van der Waals surface area contributed by atoms with Gasteiger partial charge in [0.25, 0.3) is 10.0 Å². The summed E-state index contributed by atoms with van der Waals surface area (Å²) in [5, 5.41) is 12.3. The van der Waals surface area contributed by atoms with Gasteiger partial charge in [-0.1, -0.05) is 6.07 Å². The van der Waals surface area contributed by atoms with Crippen molar-refractivity contribution in [2.45, 2.75) is 18.4 Å². The molecule has 0 atom stereocenters. The molecule has 2 aromatic rings. The number of aliphatic carboxylic acids is 1. The van der Waals surface area contributed by atoms with Crippen LogP contribution >= 0.6 is 0 Å². The number of pyridine rings is 1. The van der Waals surface area contributed by atoms with Gasteiger partial charge in [-0.3, -0.25) is 14.2 Å². The van der Waals surface area contributed by atoms with Gasteiger partial charge in [0.15, 0.2) is 0 Å². The molecule has 0 saturated heterocycles. The van der Waals surface area contributed by atoms with Crippen LogP contribution in [-0.4, -0.2) is 34.3 Å². The second kappa shape index (κ2) is 5.29. The van der Waals surface area contributed by atoms with Gasteiger partial charge in [-0.2, -0.15) is 5.10 Å². The standard InChI is InChI=1S/C11H12N4O4S/c1-8-3-2-4-10(13-8)14-20(18,19)9-5-12-15(6-9)7-11(16)17/h2-6H,7H2,1H3,(H,13,14)(H,16,17). The summed E-state index contributed by atoms with van der Waals surface area (Å²) in [6, 6.07) is 4.93. The van der Waals surface area contributed by atoms with Crippen molar-refractivity contribution in [3.63, 3.8) is 0 Å². The molecular formula is C11H12N4O4S. The van der Waals surface area contributed by atoms with E-state index in [9.17, 15) is 13.2 Å². The van der Waals surface area contributed by atoms with Gasteiger partial charge in [0.1, 0.15) is 17.3 Å². The van der Waals surface area contributed by atoms with Crippen LogP contribution in [0.25, 0.3) is 0 Å². The van der Waals surface area contributed by atoms with E-state index in [2.05, 4.69) is 14.8 Å². The highest BCUT2D eigenvalue weighted by Gasteiger charge is 2.17. The number of aryl methyl sites for hydroxylation is 1. The van der Waals surface area contributed by atoms with Crippen LogP contribution in [0.4, 0.5) is 5.82 Å². The molecule has 0 fully saturated rings. The Balaban J connectivity index is 2.22. The first-order chi connectivity index (χ1) is 9.37. The highest BCUT2D eigenvalue weighted by molar-refractivity contribution is 7.92. The van der Waals surface area contributed by atoms with E-state index >= 15 is 0 Å². The predicted molar refractivity (Wildman–Crippen MR) is 69.6 cm³/mol. The Morgan fingerprint density at radius 2 is 2.20 bits per heavy atom. The molecule has 0 aliphatic carbocycles. The SMILES string of the molecule is Cc1cccc(NS(=O)(=O)c2cnn(CC(=O)O)c2)n1. The van der Waals surface area contributed by atoms with Crippen LogP contribution in [0, 0.1) is 6.92 Å². The normalized spacial score (nSPS) is 11.2. The number of rotatable bonds is 5. The number of hydrogen-bond donors (Lipinski definition) is 2. The monoisotopic (exact) mass is 296 g/mol. The number of nitrogens with one attached hydrogen (secondary N) is 1. The number of carbonyl (C=O) groups is 1. The fraction of sp³-hybridized carbons (Fsp3) is 0.182. The van der Waals surface area contributed by atoms with Crippen molar-refractivity contribution >= 4 is 21.8 Å². The van der Waals surface area contributed by atoms with Gasteiger partial charge in [0, 0.05) is 11.9 Å². The molecule has 0 saturated carbocycles. The number of carboxylic acid groups (broad SMARTS) is 1. The van der Waals surface area contributed by atoms with E-state index < -0.39 is 22.5 Å². The molecule has 0 unspecified atom stereocenters. The molecule has 9 heteroatoms. The van der Waals surface area contributed by atoms with E-state index in [0.717, 1.165) is 17.1 Å². The summed E-state index contributed by atoms with van der Waals surface area (Å²) in [4.78, 5) is 14.4. The maximum Gasteiger partial charge on any atom is 0.325 e. The maximum absolute atomic E-state index is 12.1. The fourth-order valence-corrected chi connectivity index (χ4v) is 2.46. The molecular weight excluding hydrogens is 284 g/mol. The van der Waals surface area contributed by atoms with Crippen LogP contribution in [0.3, 0.4) is 0 Å². The van der Waals surface area contributed by atoms with E-state index in [1.54, 1.807) is 19.1 Å². The van der Waals surface area contributed by atoms with E-state index in [1.165, 1.54) is 6.07 Å². The van der Waals surface area contributed by atoms with Crippen molar-refractivity contribution in [3.8, 4) is 0 Å². The number of sulfonamides is 1. The summed E-state index contributed by atoms with van der Waals surface area (Å²) in [7, 11) is -3.83. The molecule has 2 N–H and O–H groups in total. The molecule has 20 heavy (non-hydrogen) atoms. The minimum Gasteiger partial charge on any atom is -0.480 e. The summed E-state index contributed by atoms with van der Waals surface area (Å²) in [5.74, 6) is -0.915. The molecule has 106 valence electrons. The zero-order chi connectivity index (χ0) is 14.8. The Kier molecular flexibility index (Phi) is 3.70. The average Bonchev–Trinajstić information content (AvgIpc) is 2.76. The second-order valence-electron chi connectivity index (χ2n) is 4.04. The summed E-state index contributed by atoms with van der Waals surface area (Å²) in [5.41, 5.74) is 0.673. The predicted octanol–water partition coefficient (Wildman–Crippen LogP) is 0.472. The van der Waals surface area contributed by atoms with Crippen LogP contribution in [0.1, 0.15) is 5.69 Å². The highest BCUT2D eigenvalue weighted by Crippen LogP contribution is 2.13. The van der Waals surface area contributed by atoms with Crippen molar-refractivity contribution in [2.75, 3.05) is 4.72 Å². The molecule has 0 radical (unpaired) electrons. The van der Waals surface area contributed by atoms with E-state index in [4.69, 9.17) is 5.11 Å². The molecule has 2 aromatic heterocycles. The molecule has 0 aromatic carbocycles. The lowest BCUT2D eigenvalue weighted by atomic mass is 10.4. The highest BCUT2D eigenvalue weighted by atomic mass is 32.2. The third-order valence-corrected chi connectivity index (χ3v) is 3.65. The first-order valence-electron chi connectivity index (χ1n) is 5.57. The zero-order valence-corrected chi connectivity index (χ0v) is 11.3. The van der Waals surface area contributed by atoms with Crippen LogP contribution in [0.2, 0.25) is 0 Å². The smallest absolute Gasteiger partial charge is 0.325 e. The Bertz CT molecular complexity index is 738. The van der Waals surface area contributed by atoms with Gasteiger partial charge < -0.3 is 5.11 Å². The Hall–Kier alpha value is -2.42. The largest absolute Gasteiger partial charge is 0.480 e. The van der Waals surface area contributed by atoms with Crippen molar-refractivity contribution in [2.24, 2.45) is 0 Å². The number of carboxylic acids is 1. The molecule has 0 bridgehead atoms. The third-order valence-electron chi connectivity index (χ3n) is 2.34. The van der Waals surface area contributed by atoms with Crippen molar-refractivity contribution in [1.82, 2.24) is 14.8 Å². The van der Waals surface area contributed by atoms with Gasteiger partial charge in [-0.15, -0.1) is 0 Å². The second-order valence-corrected chi connectivity index (χ2v) is 5.72. The first kappa shape index (κ1) is 14.0. The van der Waals surface area contributed by atoms with E-state index in [0.29, 0.717) is 5.69 Å². The van der Waals surface area contributed by atoms with Crippen molar-refractivity contribution in [1.29, 1.82) is 0 Å². The zero-order valence-electron chi connectivity index (χ0n) is 10.5. The molecule has 0 aliphatic heterocycles. The number of hydrogen-bond acceptors (Lipinski definition) is 5. The van der Waals surface area contributed by atoms with E-state index in [1.807, 2.05) is 0 Å². The van der Waals surface area contributed by atoms with E-state index in [-0.39, 0.29) is 10.7 Å². The van der Waals surface area contributed by atoms with Crippen LogP contribution < -0.4 is 4.72 Å². The molecule has 0 amide bonds. The van der Waals surface area contributed by atoms with Crippen LogP contribution in [0.15, 0.2) is 35.5 Å². The molecule has 2 rings (SSSR count). The topological polar surface area (TPSA) is 114 Å². The summed E-state index contributed by atoms with van der Waals surface area (Å²) < 4.78 is 27.5. The lowest BCUT2D eigenvalue weighted by Gasteiger charge is -2.05. The summed E-state index contributed by atoms with van der Waals surface area (Å²) in [6.07, 6.45) is 2.23. The number of anilines is 1. The fourth-order valence-electron chi connectivity index (χ4n) is 1.50. The number of nitrogens with zero attached hydrogens (tertiary/aromatic N) is 3. The van der Waals surface area contributed by atoms with Gasteiger partial charge in [0.2, 0.25) is 0 Å². The quantitative estimate of drug-likeness (QED) is 0.829. The van der Waals surface area contributed by atoms with Gasteiger partial charge in [-0.25, -0.2) is 13.4 Å². The van der Waals surface area contributed by atoms with Gasteiger partial charge in [-0.05, 0) is 19.1 Å². The average molecular weight is 296 g/mol.